The van der Waals surface area contributed by atoms with Gasteiger partial charge in [-0.3, -0.25) is 0 Å². The van der Waals surface area contributed by atoms with Crippen molar-refractivity contribution >= 4 is 34.6 Å². The van der Waals surface area contributed by atoms with Gasteiger partial charge in [0.15, 0.2) is 0 Å². The number of nitrogen functional groups attached to an aromatic ring is 2. The normalized spacial score (nSPS) is 9.80. The lowest BCUT2D eigenvalue weighted by Crippen LogP contribution is -1.93. The number of hydrogen-bond donors (Lipinski definition) is 2. The second-order valence-electron chi connectivity index (χ2n) is 4.37. The number of halogens is 2. The molecule has 0 aliphatic rings. The lowest BCUT2D eigenvalue weighted by Gasteiger charge is -2.04. The first-order valence-corrected chi connectivity index (χ1v) is 7.31. The minimum atomic E-state index is 0.536. The predicted octanol–water partition coefficient (Wildman–Crippen LogP) is 4.97. The van der Waals surface area contributed by atoms with Gasteiger partial charge < -0.3 is 11.5 Å². The number of rotatable bonds is 2. The molecule has 0 fully saturated rings. The fraction of sp³-hybridized carbons (Fsp3) is 0.250. The molecule has 0 radical (unpaired) electrons. The highest BCUT2D eigenvalue weighted by Gasteiger charge is 2.02. The summed E-state index contributed by atoms with van der Waals surface area (Å²) in [6, 6.07) is 11.4. The van der Waals surface area contributed by atoms with Crippen LogP contribution >= 0.6 is 23.2 Å². The predicted molar refractivity (Wildman–Crippen MR) is 90.5 cm³/mol. The number of benzene rings is 2. The Kier molecular flexibility index (Phi) is 6.69. The van der Waals surface area contributed by atoms with Crippen molar-refractivity contribution < 1.29 is 0 Å². The first-order valence-electron chi connectivity index (χ1n) is 6.56. The summed E-state index contributed by atoms with van der Waals surface area (Å²) in [6.45, 7) is 4.12. The van der Waals surface area contributed by atoms with Crippen LogP contribution in [0.4, 0.5) is 11.4 Å². The van der Waals surface area contributed by atoms with Crippen molar-refractivity contribution in [2.24, 2.45) is 0 Å². The highest BCUT2D eigenvalue weighted by atomic mass is 35.5. The van der Waals surface area contributed by atoms with Crippen LogP contribution in [0.15, 0.2) is 36.4 Å². The molecular formula is C16H20Cl2N2. The molecular weight excluding hydrogens is 291 g/mol. The summed E-state index contributed by atoms with van der Waals surface area (Å²) < 4.78 is 0. The molecule has 0 unspecified atom stereocenters. The molecule has 2 rings (SSSR count). The van der Waals surface area contributed by atoms with Crippen LogP contribution in [-0.2, 0) is 12.8 Å². The Bertz CT molecular complexity index is 568. The van der Waals surface area contributed by atoms with E-state index in [9.17, 15) is 0 Å². The Morgan fingerprint density at radius 2 is 1.50 bits per heavy atom. The van der Waals surface area contributed by atoms with Gasteiger partial charge in [-0.15, -0.1) is 0 Å². The zero-order valence-electron chi connectivity index (χ0n) is 11.8. The van der Waals surface area contributed by atoms with Crippen LogP contribution in [0.25, 0.3) is 0 Å². The molecule has 0 aliphatic heterocycles. The van der Waals surface area contributed by atoms with Crippen molar-refractivity contribution in [3.63, 3.8) is 0 Å². The average molecular weight is 311 g/mol. The number of hydrogen-bond acceptors (Lipinski definition) is 2. The van der Waals surface area contributed by atoms with Crippen molar-refractivity contribution in [1.82, 2.24) is 0 Å². The van der Waals surface area contributed by atoms with Crippen molar-refractivity contribution in [1.29, 1.82) is 0 Å². The minimum absolute atomic E-state index is 0.536. The summed E-state index contributed by atoms with van der Waals surface area (Å²) in [5.41, 5.74) is 15.1. The Morgan fingerprint density at radius 1 is 0.900 bits per heavy atom. The fourth-order valence-electron chi connectivity index (χ4n) is 1.79. The maximum Gasteiger partial charge on any atom is 0.0653 e. The number of para-hydroxylation sites is 1. The number of nitrogens with two attached hydrogens (primary N) is 2. The van der Waals surface area contributed by atoms with Crippen LogP contribution < -0.4 is 11.5 Å². The van der Waals surface area contributed by atoms with Crippen LogP contribution in [0.2, 0.25) is 10.0 Å². The molecule has 0 heterocycles. The summed E-state index contributed by atoms with van der Waals surface area (Å²) in [5.74, 6) is 0. The second-order valence-corrected chi connectivity index (χ2v) is 5.21. The quantitative estimate of drug-likeness (QED) is 0.769. The molecule has 20 heavy (non-hydrogen) atoms. The molecule has 0 bridgehead atoms. The molecule has 2 nitrogen and oxygen atoms in total. The molecule has 4 heteroatoms. The van der Waals surface area contributed by atoms with E-state index in [4.69, 9.17) is 34.7 Å². The van der Waals surface area contributed by atoms with Gasteiger partial charge in [-0.05, 0) is 42.2 Å². The molecule has 4 N–H and O–H groups in total. The van der Waals surface area contributed by atoms with Crippen molar-refractivity contribution in [2.45, 2.75) is 26.7 Å². The molecule has 108 valence electrons. The minimum Gasteiger partial charge on any atom is -0.399 e. The van der Waals surface area contributed by atoms with Gasteiger partial charge in [-0.1, -0.05) is 55.2 Å². The van der Waals surface area contributed by atoms with E-state index in [-0.39, 0.29) is 0 Å². The lowest BCUT2D eigenvalue weighted by molar-refractivity contribution is 1.14. The topological polar surface area (TPSA) is 52.0 Å². The average Bonchev–Trinajstić information content (AvgIpc) is 2.44. The van der Waals surface area contributed by atoms with Crippen molar-refractivity contribution in [3.8, 4) is 0 Å². The van der Waals surface area contributed by atoms with Crippen molar-refractivity contribution in [2.75, 3.05) is 11.5 Å². The van der Waals surface area contributed by atoms with E-state index in [2.05, 4.69) is 13.0 Å². The smallest absolute Gasteiger partial charge is 0.0653 e. The molecule has 0 atom stereocenters. The second kappa shape index (κ2) is 8.03. The molecule has 0 amide bonds. The van der Waals surface area contributed by atoms with Crippen LogP contribution in [0, 0.1) is 0 Å². The molecule has 0 aromatic heterocycles. The van der Waals surface area contributed by atoms with Crippen LogP contribution in [0.3, 0.4) is 0 Å². The van der Waals surface area contributed by atoms with Gasteiger partial charge in [-0.2, -0.15) is 0 Å². The summed E-state index contributed by atoms with van der Waals surface area (Å²) in [7, 11) is 0. The highest BCUT2D eigenvalue weighted by Crippen LogP contribution is 2.27. The Balaban J connectivity index is 0.000000204. The summed E-state index contributed by atoms with van der Waals surface area (Å²) >= 11 is 11.5. The van der Waals surface area contributed by atoms with Crippen LogP contribution in [-0.4, -0.2) is 0 Å². The molecule has 2 aromatic carbocycles. The van der Waals surface area contributed by atoms with Crippen molar-refractivity contribution in [3.05, 3.63) is 57.6 Å². The van der Waals surface area contributed by atoms with Gasteiger partial charge in [-0.25, -0.2) is 0 Å². The maximum absolute atomic E-state index is 5.79. The molecule has 0 saturated carbocycles. The zero-order chi connectivity index (χ0) is 15.1. The van der Waals surface area contributed by atoms with E-state index in [0.29, 0.717) is 15.7 Å². The maximum atomic E-state index is 5.79. The molecule has 0 aliphatic carbocycles. The standard InChI is InChI=1S/C8H9Cl2N.C8H11N/c1-2-5-3-6(9)4-7(10)8(5)11;1-2-7-5-3-4-6-8(7)9/h3-4H,2,11H2,1H3;3-6H,2,9H2,1H3. The molecule has 2 aromatic rings. The largest absolute Gasteiger partial charge is 0.399 e. The third kappa shape index (κ3) is 4.62. The molecule has 0 spiro atoms. The van der Waals surface area contributed by atoms with E-state index in [1.807, 2.05) is 31.2 Å². The van der Waals surface area contributed by atoms with Gasteiger partial charge >= 0.3 is 0 Å². The highest BCUT2D eigenvalue weighted by molar-refractivity contribution is 6.36. The van der Waals surface area contributed by atoms with E-state index in [1.165, 1.54) is 5.56 Å². The Hall–Kier alpha value is -1.38. The summed E-state index contributed by atoms with van der Waals surface area (Å²) in [6.07, 6.45) is 1.87. The van der Waals surface area contributed by atoms with Gasteiger partial charge in [0.25, 0.3) is 0 Å². The SMILES string of the molecule is CCc1cc(Cl)cc(Cl)c1N.CCc1ccccc1N. The van der Waals surface area contributed by atoms with Crippen LogP contribution in [0.5, 0.6) is 0 Å². The Labute approximate surface area is 130 Å². The Morgan fingerprint density at radius 3 is 2.00 bits per heavy atom. The molecule has 0 saturated heterocycles. The number of anilines is 2. The zero-order valence-corrected chi connectivity index (χ0v) is 13.3. The number of aryl methyl sites for hydroxylation is 2. The van der Waals surface area contributed by atoms with Gasteiger partial charge in [0.2, 0.25) is 0 Å². The first kappa shape index (κ1) is 16.7. The van der Waals surface area contributed by atoms with Gasteiger partial charge in [0.05, 0.1) is 10.7 Å². The van der Waals surface area contributed by atoms with E-state index in [0.717, 1.165) is 24.1 Å². The van der Waals surface area contributed by atoms with E-state index >= 15 is 0 Å². The van der Waals surface area contributed by atoms with Crippen LogP contribution in [0.1, 0.15) is 25.0 Å². The third-order valence-electron chi connectivity index (χ3n) is 3.00. The van der Waals surface area contributed by atoms with Gasteiger partial charge in [0, 0.05) is 10.7 Å². The third-order valence-corrected chi connectivity index (χ3v) is 3.53. The van der Waals surface area contributed by atoms with E-state index in [1.54, 1.807) is 6.07 Å². The first-order chi connectivity index (χ1) is 9.49. The van der Waals surface area contributed by atoms with Gasteiger partial charge in [0.1, 0.15) is 0 Å². The van der Waals surface area contributed by atoms with E-state index < -0.39 is 0 Å². The summed E-state index contributed by atoms with van der Waals surface area (Å²) in [4.78, 5) is 0. The fourth-order valence-corrected chi connectivity index (χ4v) is 2.32. The summed E-state index contributed by atoms with van der Waals surface area (Å²) in [5, 5.41) is 1.18. The monoisotopic (exact) mass is 310 g/mol. The lowest BCUT2D eigenvalue weighted by atomic mass is 10.1.